The molecule has 2 heterocycles. The van der Waals surface area contributed by atoms with E-state index in [0.717, 1.165) is 11.1 Å². The summed E-state index contributed by atoms with van der Waals surface area (Å²) in [5, 5.41) is 3.62. The molecule has 0 aliphatic carbocycles. The summed E-state index contributed by atoms with van der Waals surface area (Å²) in [7, 11) is 0. The molecular weight excluding hydrogens is 352 g/mol. The van der Waals surface area contributed by atoms with Crippen LogP contribution in [-0.2, 0) is 18.0 Å². The third-order valence-corrected chi connectivity index (χ3v) is 4.26. The molecule has 4 aromatic rings. The molecule has 2 aromatic heterocycles. The van der Waals surface area contributed by atoms with Gasteiger partial charge in [0.2, 0.25) is 0 Å². The molecule has 6 nitrogen and oxygen atoms in total. The number of rotatable bonds is 5. The molecule has 0 spiro atoms. The Labute approximate surface area is 154 Å². The molecule has 0 saturated carbocycles. The first-order chi connectivity index (χ1) is 12.7. The van der Waals surface area contributed by atoms with E-state index < -0.39 is 0 Å². The van der Waals surface area contributed by atoms with Crippen molar-refractivity contribution in [3.8, 4) is 11.4 Å². The van der Waals surface area contributed by atoms with Crippen molar-refractivity contribution in [2.24, 2.45) is 0 Å². The van der Waals surface area contributed by atoms with Gasteiger partial charge in [-0.3, -0.25) is 9.89 Å². The summed E-state index contributed by atoms with van der Waals surface area (Å²) in [4.78, 5) is 21.1. The Bertz CT molecular complexity index is 1110. The minimum absolute atomic E-state index is 0.199. The van der Waals surface area contributed by atoms with Crippen molar-refractivity contribution >= 4 is 17.4 Å². The van der Waals surface area contributed by atoms with E-state index in [2.05, 4.69) is 15.1 Å². The highest BCUT2D eigenvalue weighted by atomic mass is 35.5. The fourth-order valence-corrected chi connectivity index (χ4v) is 2.80. The fourth-order valence-electron chi connectivity index (χ4n) is 2.61. The molecule has 1 N–H and O–H groups in total. The van der Waals surface area contributed by atoms with Gasteiger partial charge in [-0.15, -0.1) is 0 Å². The van der Waals surface area contributed by atoms with Crippen molar-refractivity contribution in [2.45, 2.75) is 13.2 Å². The zero-order valence-corrected chi connectivity index (χ0v) is 14.5. The third kappa shape index (κ3) is 3.37. The summed E-state index contributed by atoms with van der Waals surface area (Å²) >= 11 is 6.11. The lowest BCUT2D eigenvalue weighted by atomic mass is 10.2. The Balaban J connectivity index is 1.55. The Morgan fingerprint density at radius 2 is 1.77 bits per heavy atom. The van der Waals surface area contributed by atoms with Gasteiger partial charge in [0.15, 0.2) is 5.82 Å². The van der Waals surface area contributed by atoms with Gasteiger partial charge in [0.05, 0.1) is 18.9 Å². The summed E-state index contributed by atoms with van der Waals surface area (Å²) in [6, 6.07) is 18.5. The van der Waals surface area contributed by atoms with Crippen LogP contribution in [0.4, 0.5) is 0 Å². The molecule has 0 bridgehead atoms. The molecule has 0 aliphatic rings. The standard InChI is InChI=1S/C19H15ClN4O2/c20-16-9-5-4-8-14(16)11-26-12-15-10-17(25)24-19(21-15)22-18(23-24)13-6-2-1-3-7-13/h1-10H,11-12H2,(H,21,22,23). The van der Waals surface area contributed by atoms with Crippen LogP contribution in [-0.4, -0.2) is 19.6 Å². The molecular formula is C19H15ClN4O2. The van der Waals surface area contributed by atoms with Crippen molar-refractivity contribution in [3.05, 3.63) is 87.3 Å². The van der Waals surface area contributed by atoms with Crippen molar-refractivity contribution in [2.75, 3.05) is 0 Å². The molecule has 0 aliphatic heterocycles. The second kappa shape index (κ2) is 7.11. The molecule has 0 atom stereocenters. The Morgan fingerprint density at radius 3 is 2.58 bits per heavy atom. The van der Waals surface area contributed by atoms with E-state index in [1.165, 1.54) is 10.6 Å². The number of hydrogen-bond donors (Lipinski definition) is 1. The molecule has 4 rings (SSSR count). The summed E-state index contributed by atoms with van der Waals surface area (Å²) in [6.45, 7) is 0.543. The van der Waals surface area contributed by atoms with E-state index in [4.69, 9.17) is 16.3 Å². The number of aromatic amines is 1. The molecule has 0 saturated heterocycles. The van der Waals surface area contributed by atoms with Gasteiger partial charge in [-0.05, 0) is 11.6 Å². The lowest BCUT2D eigenvalue weighted by Crippen LogP contribution is -2.16. The highest BCUT2D eigenvalue weighted by Crippen LogP contribution is 2.17. The SMILES string of the molecule is O=c1cc(COCc2ccccc2Cl)nc2nc(-c3ccccc3)[nH]n12. The number of halogens is 1. The number of hydrogen-bond acceptors (Lipinski definition) is 4. The number of nitrogens with one attached hydrogen (secondary N) is 1. The van der Waals surface area contributed by atoms with E-state index in [1.807, 2.05) is 54.6 Å². The van der Waals surface area contributed by atoms with E-state index in [9.17, 15) is 4.79 Å². The van der Waals surface area contributed by atoms with Crippen LogP contribution in [0.5, 0.6) is 0 Å². The highest BCUT2D eigenvalue weighted by Gasteiger charge is 2.10. The molecule has 26 heavy (non-hydrogen) atoms. The minimum Gasteiger partial charge on any atom is -0.370 e. The lowest BCUT2D eigenvalue weighted by molar-refractivity contribution is 0.104. The lowest BCUT2D eigenvalue weighted by Gasteiger charge is -2.05. The maximum absolute atomic E-state index is 12.3. The number of ether oxygens (including phenoxy) is 1. The van der Waals surface area contributed by atoms with E-state index in [1.54, 1.807) is 0 Å². The van der Waals surface area contributed by atoms with Gasteiger partial charge in [-0.1, -0.05) is 60.1 Å². The fraction of sp³-hybridized carbons (Fsp3) is 0.105. The van der Waals surface area contributed by atoms with Crippen molar-refractivity contribution in [1.29, 1.82) is 0 Å². The van der Waals surface area contributed by atoms with E-state index >= 15 is 0 Å². The second-order valence-electron chi connectivity index (χ2n) is 5.74. The average molecular weight is 367 g/mol. The summed E-state index contributed by atoms with van der Waals surface area (Å²) in [5.41, 5.74) is 2.06. The molecule has 0 unspecified atom stereocenters. The summed E-state index contributed by atoms with van der Waals surface area (Å²) in [6.07, 6.45) is 0. The van der Waals surface area contributed by atoms with Gasteiger partial charge in [0.25, 0.3) is 11.3 Å². The van der Waals surface area contributed by atoms with Gasteiger partial charge in [0, 0.05) is 16.7 Å². The molecule has 0 amide bonds. The first kappa shape index (κ1) is 16.5. The predicted molar refractivity (Wildman–Crippen MR) is 99.0 cm³/mol. The van der Waals surface area contributed by atoms with Crippen LogP contribution in [0.3, 0.4) is 0 Å². The van der Waals surface area contributed by atoms with Crippen LogP contribution in [0.1, 0.15) is 11.3 Å². The minimum atomic E-state index is -0.235. The number of benzene rings is 2. The monoisotopic (exact) mass is 366 g/mol. The number of nitrogens with zero attached hydrogens (tertiary/aromatic N) is 3. The zero-order valence-electron chi connectivity index (χ0n) is 13.7. The van der Waals surface area contributed by atoms with Crippen LogP contribution >= 0.6 is 11.6 Å². The van der Waals surface area contributed by atoms with E-state index in [0.29, 0.717) is 28.9 Å². The predicted octanol–water partition coefficient (Wildman–Crippen LogP) is 3.45. The first-order valence-corrected chi connectivity index (χ1v) is 8.44. The van der Waals surface area contributed by atoms with Gasteiger partial charge in [0.1, 0.15) is 0 Å². The maximum Gasteiger partial charge on any atom is 0.274 e. The van der Waals surface area contributed by atoms with Crippen molar-refractivity contribution < 1.29 is 4.74 Å². The van der Waals surface area contributed by atoms with Crippen LogP contribution in [0.15, 0.2) is 65.5 Å². The third-order valence-electron chi connectivity index (χ3n) is 3.90. The quantitative estimate of drug-likeness (QED) is 0.587. The molecule has 0 fully saturated rings. The molecule has 2 aromatic carbocycles. The number of H-pyrrole nitrogens is 1. The van der Waals surface area contributed by atoms with Gasteiger partial charge in [-0.2, -0.15) is 9.50 Å². The van der Waals surface area contributed by atoms with Crippen LogP contribution in [0.2, 0.25) is 5.02 Å². The number of aromatic nitrogens is 4. The summed E-state index contributed by atoms with van der Waals surface area (Å²) < 4.78 is 6.97. The summed E-state index contributed by atoms with van der Waals surface area (Å²) in [5.74, 6) is 0.900. The van der Waals surface area contributed by atoms with Gasteiger partial charge < -0.3 is 4.74 Å². The molecule has 7 heteroatoms. The first-order valence-electron chi connectivity index (χ1n) is 8.06. The highest BCUT2D eigenvalue weighted by molar-refractivity contribution is 6.31. The van der Waals surface area contributed by atoms with E-state index in [-0.39, 0.29) is 12.2 Å². The van der Waals surface area contributed by atoms with Crippen LogP contribution in [0.25, 0.3) is 17.2 Å². The Hall–Kier alpha value is -2.96. The number of fused-ring (bicyclic) bond motifs is 1. The average Bonchev–Trinajstić information content (AvgIpc) is 3.09. The van der Waals surface area contributed by atoms with Gasteiger partial charge >= 0.3 is 0 Å². The largest absolute Gasteiger partial charge is 0.370 e. The zero-order chi connectivity index (χ0) is 17.9. The van der Waals surface area contributed by atoms with Crippen molar-refractivity contribution in [3.63, 3.8) is 0 Å². The van der Waals surface area contributed by atoms with Crippen LogP contribution in [0, 0.1) is 0 Å². The van der Waals surface area contributed by atoms with Crippen molar-refractivity contribution in [1.82, 2.24) is 19.6 Å². The smallest absolute Gasteiger partial charge is 0.274 e. The van der Waals surface area contributed by atoms with Gasteiger partial charge in [-0.25, -0.2) is 4.98 Å². The second-order valence-corrected chi connectivity index (χ2v) is 6.15. The topological polar surface area (TPSA) is 72.3 Å². The maximum atomic E-state index is 12.3. The molecule has 130 valence electrons. The van der Waals surface area contributed by atoms with Crippen LogP contribution < -0.4 is 5.56 Å². The Kier molecular flexibility index (Phi) is 4.51. The normalized spacial score (nSPS) is 11.1. The molecule has 0 radical (unpaired) electrons. The Morgan fingerprint density at radius 1 is 1.00 bits per heavy atom.